The van der Waals surface area contributed by atoms with E-state index in [1.54, 1.807) is 27.2 Å². The molecule has 2 N–H and O–H groups in total. The molecule has 116 valence electrons. The minimum atomic E-state index is -0.429. The maximum Gasteiger partial charge on any atom is 0.341 e. The van der Waals surface area contributed by atoms with Gasteiger partial charge in [0.05, 0.1) is 18.5 Å². The van der Waals surface area contributed by atoms with Crippen LogP contribution in [0.2, 0.25) is 0 Å². The number of carbonyl (C=O) groups excluding carboxylic acids is 1. The molecule has 1 aromatic heterocycles. The fraction of sp³-hybridized carbons (Fsp3) is 0.571. The molecular weight excluding hydrogens is 274 g/mol. The molecule has 0 bridgehead atoms. The Hall–Kier alpha value is -1.86. The van der Waals surface area contributed by atoms with Gasteiger partial charge in [-0.3, -0.25) is 0 Å². The Bertz CT molecular complexity index is 497. The molecule has 2 rings (SSSR count). The summed E-state index contributed by atoms with van der Waals surface area (Å²) >= 11 is 0. The second-order valence-corrected chi connectivity index (χ2v) is 4.81. The van der Waals surface area contributed by atoms with Crippen molar-refractivity contribution in [2.75, 3.05) is 44.5 Å². The van der Waals surface area contributed by atoms with Gasteiger partial charge in [0, 0.05) is 27.3 Å². The van der Waals surface area contributed by atoms with Crippen LogP contribution in [0.15, 0.2) is 12.3 Å². The average Bonchev–Trinajstić information content (AvgIpc) is 2.90. The van der Waals surface area contributed by atoms with Crippen molar-refractivity contribution >= 4 is 17.5 Å². The molecule has 2 atom stereocenters. The van der Waals surface area contributed by atoms with Crippen molar-refractivity contribution in [3.8, 4) is 0 Å². The number of hydrogen-bond donors (Lipinski definition) is 1. The lowest BCUT2D eigenvalue weighted by atomic mass is 10.2. The Morgan fingerprint density at radius 1 is 1.38 bits per heavy atom. The molecule has 1 aromatic rings. The average molecular weight is 295 g/mol. The van der Waals surface area contributed by atoms with E-state index in [0.717, 1.165) is 0 Å². The molecule has 0 amide bonds. The Kier molecular flexibility index (Phi) is 4.98. The SMILES string of the molecule is CCOC(=O)c1cc(N)cnc1N1CC(OC)C(OC)C1. The number of nitrogens with zero attached hydrogens (tertiary/aromatic N) is 2. The highest BCUT2D eigenvalue weighted by atomic mass is 16.5. The molecule has 1 fully saturated rings. The van der Waals surface area contributed by atoms with Crippen LogP contribution in [-0.2, 0) is 14.2 Å². The normalized spacial score (nSPS) is 21.6. The predicted octanol–water partition coefficient (Wildman–Crippen LogP) is 0.690. The van der Waals surface area contributed by atoms with E-state index in [1.807, 2.05) is 4.90 Å². The van der Waals surface area contributed by atoms with Gasteiger partial charge in [-0.15, -0.1) is 0 Å². The van der Waals surface area contributed by atoms with Crippen LogP contribution in [0.4, 0.5) is 11.5 Å². The van der Waals surface area contributed by atoms with Gasteiger partial charge < -0.3 is 24.8 Å². The highest BCUT2D eigenvalue weighted by Gasteiger charge is 2.35. The Balaban J connectivity index is 2.29. The monoisotopic (exact) mass is 295 g/mol. The van der Waals surface area contributed by atoms with Crippen LogP contribution in [0.25, 0.3) is 0 Å². The summed E-state index contributed by atoms with van der Waals surface area (Å²) in [6.45, 7) is 3.25. The zero-order chi connectivity index (χ0) is 15.4. The number of methoxy groups -OCH3 is 2. The summed E-state index contributed by atoms with van der Waals surface area (Å²) in [5.41, 5.74) is 6.52. The molecule has 2 unspecified atom stereocenters. The first-order valence-electron chi connectivity index (χ1n) is 6.83. The maximum absolute atomic E-state index is 12.1. The van der Waals surface area contributed by atoms with Crippen LogP contribution < -0.4 is 10.6 Å². The Morgan fingerprint density at radius 3 is 2.52 bits per heavy atom. The van der Waals surface area contributed by atoms with Gasteiger partial charge in [-0.25, -0.2) is 9.78 Å². The minimum Gasteiger partial charge on any atom is -0.462 e. The third kappa shape index (κ3) is 3.25. The van der Waals surface area contributed by atoms with Gasteiger partial charge in [0.2, 0.25) is 0 Å². The summed E-state index contributed by atoms with van der Waals surface area (Å²) in [6.07, 6.45) is 1.40. The zero-order valence-corrected chi connectivity index (χ0v) is 12.5. The van der Waals surface area contributed by atoms with Crippen molar-refractivity contribution < 1.29 is 19.0 Å². The van der Waals surface area contributed by atoms with Crippen LogP contribution in [0.5, 0.6) is 0 Å². The smallest absolute Gasteiger partial charge is 0.341 e. The third-order valence-corrected chi connectivity index (χ3v) is 3.50. The minimum absolute atomic E-state index is 0.0654. The first-order chi connectivity index (χ1) is 10.1. The van der Waals surface area contributed by atoms with Crippen molar-refractivity contribution in [1.82, 2.24) is 4.98 Å². The lowest BCUT2D eigenvalue weighted by molar-refractivity contribution is -0.00461. The first kappa shape index (κ1) is 15.5. The van der Waals surface area contributed by atoms with E-state index in [1.165, 1.54) is 6.20 Å². The number of aromatic nitrogens is 1. The van der Waals surface area contributed by atoms with Gasteiger partial charge in [-0.2, -0.15) is 0 Å². The van der Waals surface area contributed by atoms with Crippen LogP contribution in [0.1, 0.15) is 17.3 Å². The van der Waals surface area contributed by atoms with Gasteiger partial charge in [0.15, 0.2) is 0 Å². The zero-order valence-electron chi connectivity index (χ0n) is 12.5. The molecule has 0 radical (unpaired) electrons. The highest BCUT2D eigenvalue weighted by Crippen LogP contribution is 2.26. The van der Waals surface area contributed by atoms with Gasteiger partial charge >= 0.3 is 5.97 Å². The highest BCUT2D eigenvalue weighted by molar-refractivity contribution is 5.95. The third-order valence-electron chi connectivity index (χ3n) is 3.50. The van der Waals surface area contributed by atoms with E-state index < -0.39 is 5.97 Å². The number of esters is 1. The van der Waals surface area contributed by atoms with Crippen LogP contribution >= 0.6 is 0 Å². The summed E-state index contributed by atoms with van der Waals surface area (Å²) in [5.74, 6) is 0.117. The van der Waals surface area contributed by atoms with Crippen molar-refractivity contribution in [1.29, 1.82) is 0 Å². The molecule has 21 heavy (non-hydrogen) atoms. The number of nitrogens with two attached hydrogens (primary N) is 1. The molecule has 0 aromatic carbocycles. The van der Waals surface area contributed by atoms with Crippen molar-refractivity contribution in [2.45, 2.75) is 19.1 Å². The standard InChI is InChI=1S/C14H21N3O4/c1-4-21-14(18)10-5-9(15)6-16-13(10)17-7-11(19-2)12(8-17)20-3/h5-6,11-12H,4,7-8,15H2,1-3H3. The van der Waals surface area contributed by atoms with Crippen molar-refractivity contribution in [3.05, 3.63) is 17.8 Å². The summed E-state index contributed by atoms with van der Waals surface area (Å²) in [6, 6.07) is 1.59. The first-order valence-corrected chi connectivity index (χ1v) is 6.83. The second kappa shape index (κ2) is 6.73. The second-order valence-electron chi connectivity index (χ2n) is 4.81. The number of ether oxygens (including phenoxy) is 3. The molecule has 7 heteroatoms. The fourth-order valence-electron chi connectivity index (χ4n) is 2.45. The molecule has 0 saturated carbocycles. The van der Waals surface area contributed by atoms with Crippen molar-refractivity contribution in [3.63, 3.8) is 0 Å². The van der Waals surface area contributed by atoms with E-state index >= 15 is 0 Å². The summed E-state index contributed by atoms with van der Waals surface area (Å²) in [4.78, 5) is 18.3. The lowest BCUT2D eigenvalue weighted by Gasteiger charge is -2.19. The molecular formula is C14H21N3O4. The largest absolute Gasteiger partial charge is 0.462 e. The molecule has 1 aliphatic rings. The molecule has 2 heterocycles. The fourth-order valence-corrected chi connectivity index (χ4v) is 2.45. The van der Waals surface area contributed by atoms with Gasteiger partial charge in [-0.05, 0) is 13.0 Å². The maximum atomic E-state index is 12.1. The molecule has 7 nitrogen and oxygen atoms in total. The quantitative estimate of drug-likeness (QED) is 0.800. The number of hydrogen-bond acceptors (Lipinski definition) is 7. The molecule has 0 spiro atoms. The number of anilines is 2. The van der Waals surface area contributed by atoms with Gasteiger partial charge in [0.25, 0.3) is 0 Å². The van der Waals surface area contributed by atoms with E-state index in [2.05, 4.69) is 4.98 Å². The Morgan fingerprint density at radius 2 is 2.00 bits per heavy atom. The van der Waals surface area contributed by atoms with Gasteiger partial charge in [0.1, 0.15) is 23.6 Å². The summed E-state index contributed by atoms with van der Waals surface area (Å²) in [7, 11) is 3.28. The number of rotatable bonds is 5. The topological polar surface area (TPSA) is 86.9 Å². The molecule has 0 aliphatic carbocycles. The van der Waals surface area contributed by atoms with Crippen LogP contribution in [0.3, 0.4) is 0 Å². The van der Waals surface area contributed by atoms with Crippen LogP contribution in [0, 0.1) is 0 Å². The van der Waals surface area contributed by atoms with E-state index in [0.29, 0.717) is 36.8 Å². The summed E-state index contributed by atoms with van der Waals surface area (Å²) < 4.78 is 15.9. The molecule has 1 aliphatic heterocycles. The predicted molar refractivity (Wildman–Crippen MR) is 78.4 cm³/mol. The number of pyridine rings is 1. The summed E-state index contributed by atoms with van der Waals surface area (Å²) in [5, 5.41) is 0. The Labute approximate surface area is 124 Å². The number of nitrogen functional groups attached to an aromatic ring is 1. The lowest BCUT2D eigenvalue weighted by Crippen LogP contribution is -2.27. The van der Waals surface area contributed by atoms with E-state index in [-0.39, 0.29) is 12.2 Å². The van der Waals surface area contributed by atoms with E-state index in [4.69, 9.17) is 19.9 Å². The number of carbonyl (C=O) groups is 1. The van der Waals surface area contributed by atoms with Crippen LogP contribution in [-0.4, -0.2) is 57.1 Å². The van der Waals surface area contributed by atoms with E-state index in [9.17, 15) is 4.79 Å². The molecule has 1 saturated heterocycles. The van der Waals surface area contributed by atoms with Gasteiger partial charge in [-0.1, -0.05) is 0 Å². The van der Waals surface area contributed by atoms with Crippen molar-refractivity contribution in [2.24, 2.45) is 0 Å².